The van der Waals surface area contributed by atoms with Crippen molar-refractivity contribution in [3.63, 3.8) is 0 Å². The van der Waals surface area contributed by atoms with Gasteiger partial charge in [-0.05, 0) is 24.3 Å². The first-order valence-corrected chi connectivity index (χ1v) is 8.04. The van der Waals surface area contributed by atoms with Crippen molar-refractivity contribution >= 4 is 17.6 Å². The van der Waals surface area contributed by atoms with E-state index in [-0.39, 0.29) is 5.56 Å². The van der Waals surface area contributed by atoms with Crippen LogP contribution in [0.3, 0.4) is 0 Å². The van der Waals surface area contributed by atoms with Crippen LogP contribution in [0.5, 0.6) is 0 Å². The minimum Gasteiger partial charge on any atom is -0.619 e. The second kappa shape index (κ2) is 8.09. The minimum absolute atomic E-state index is 0.137. The number of carbonyl (C=O) groups is 2. The van der Waals surface area contributed by atoms with Crippen molar-refractivity contribution in [2.24, 2.45) is 0 Å². The van der Waals surface area contributed by atoms with Crippen LogP contribution in [0.4, 0.5) is 10.1 Å². The second-order valence-corrected chi connectivity index (χ2v) is 5.64. The van der Waals surface area contributed by atoms with E-state index in [0.717, 1.165) is 12.4 Å². The predicted molar refractivity (Wildman–Crippen MR) is 95.0 cm³/mol. The number of nitrogens with one attached hydrogen (secondary N) is 1. The maximum Gasteiger partial charge on any atom is 0.339 e. The van der Waals surface area contributed by atoms with Crippen molar-refractivity contribution in [3.05, 3.63) is 101 Å². The van der Waals surface area contributed by atoms with Crippen LogP contribution in [-0.2, 0) is 9.53 Å². The Morgan fingerprint density at radius 3 is 2.22 bits per heavy atom. The number of halogens is 1. The summed E-state index contributed by atoms with van der Waals surface area (Å²) in [5, 5.41) is 13.7. The highest BCUT2D eigenvalue weighted by Gasteiger charge is 2.26. The van der Waals surface area contributed by atoms with Crippen LogP contribution in [-0.4, -0.2) is 11.9 Å². The van der Waals surface area contributed by atoms with E-state index in [4.69, 9.17) is 4.74 Å². The molecule has 7 heteroatoms. The summed E-state index contributed by atoms with van der Waals surface area (Å²) >= 11 is 0. The largest absolute Gasteiger partial charge is 0.619 e. The summed E-state index contributed by atoms with van der Waals surface area (Å²) in [7, 11) is 0. The lowest BCUT2D eigenvalue weighted by atomic mass is 10.1. The minimum atomic E-state index is -1.22. The fourth-order valence-electron chi connectivity index (χ4n) is 2.37. The van der Waals surface area contributed by atoms with Gasteiger partial charge < -0.3 is 15.3 Å². The molecule has 136 valence electrons. The Morgan fingerprint density at radius 2 is 1.59 bits per heavy atom. The van der Waals surface area contributed by atoms with Gasteiger partial charge in [0.25, 0.3) is 5.91 Å². The van der Waals surface area contributed by atoms with E-state index in [9.17, 15) is 19.2 Å². The molecule has 0 radical (unpaired) electrons. The molecule has 0 aliphatic carbocycles. The van der Waals surface area contributed by atoms with Crippen molar-refractivity contribution in [1.29, 1.82) is 0 Å². The highest BCUT2D eigenvalue weighted by atomic mass is 19.1. The Kier molecular flexibility index (Phi) is 5.41. The highest BCUT2D eigenvalue weighted by Crippen LogP contribution is 2.21. The van der Waals surface area contributed by atoms with Gasteiger partial charge in [-0.15, -0.1) is 0 Å². The summed E-state index contributed by atoms with van der Waals surface area (Å²) in [4.78, 5) is 25.1. The van der Waals surface area contributed by atoms with E-state index >= 15 is 0 Å². The van der Waals surface area contributed by atoms with Crippen molar-refractivity contribution in [2.45, 2.75) is 6.10 Å². The normalized spacial score (nSPS) is 11.4. The summed E-state index contributed by atoms with van der Waals surface area (Å²) in [5.41, 5.74) is 0.975. The molecular weight excluding hydrogens is 351 g/mol. The lowest BCUT2D eigenvalue weighted by Crippen LogP contribution is -2.27. The molecule has 1 N–H and O–H groups in total. The van der Waals surface area contributed by atoms with Crippen LogP contribution in [0.1, 0.15) is 22.0 Å². The molecule has 1 heterocycles. The van der Waals surface area contributed by atoms with E-state index in [0.29, 0.717) is 16.0 Å². The number of rotatable bonds is 5. The van der Waals surface area contributed by atoms with Gasteiger partial charge in [-0.25, -0.2) is 9.18 Å². The molecule has 0 unspecified atom stereocenters. The van der Waals surface area contributed by atoms with Gasteiger partial charge in [0.1, 0.15) is 5.82 Å². The summed E-state index contributed by atoms with van der Waals surface area (Å²) < 4.78 is 18.9. The standard InChI is InChI=1S/C20H15FN2O4/c21-16-6-8-17(9-7-16)22-19(24)18(14-4-2-1-3-5-14)27-20(25)15-10-12-23(26)13-11-15/h1-13,18H,(H,22,24)/t18-/m1/s1. The van der Waals surface area contributed by atoms with Crippen molar-refractivity contribution < 1.29 is 23.4 Å². The van der Waals surface area contributed by atoms with Gasteiger partial charge in [-0.3, -0.25) is 4.79 Å². The summed E-state index contributed by atoms with van der Waals surface area (Å²) in [6.45, 7) is 0. The maximum absolute atomic E-state index is 13.0. The number of pyridine rings is 1. The van der Waals surface area contributed by atoms with Crippen LogP contribution in [0.15, 0.2) is 79.1 Å². The maximum atomic E-state index is 13.0. The van der Waals surface area contributed by atoms with Gasteiger partial charge >= 0.3 is 5.97 Å². The molecule has 0 spiro atoms. The number of aromatic nitrogens is 1. The number of amides is 1. The van der Waals surface area contributed by atoms with Crippen LogP contribution < -0.4 is 10.0 Å². The Morgan fingerprint density at radius 1 is 0.963 bits per heavy atom. The topological polar surface area (TPSA) is 82.3 Å². The number of benzene rings is 2. The molecule has 3 aromatic rings. The molecule has 1 atom stereocenters. The zero-order valence-electron chi connectivity index (χ0n) is 14.0. The third-order valence-electron chi connectivity index (χ3n) is 3.71. The van der Waals surface area contributed by atoms with Crippen LogP contribution in [0.25, 0.3) is 0 Å². The lowest BCUT2D eigenvalue weighted by molar-refractivity contribution is -0.605. The molecule has 6 nitrogen and oxygen atoms in total. The van der Waals surface area contributed by atoms with Gasteiger partial charge in [0, 0.05) is 23.4 Å². The Hall–Kier alpha value is -3.74. The Bertz CT molecular complexity index is 928. The first kappa shape index (κ1) is 18.1. The fraction of sp³-hybridized carbons (Fsp3) is 0.0500. The van der Waals surface area contributed by atoms with E-state index in [2.05, 4.69) is 5.32 Å². The van der Waals surface area contributed by atoms with Gasteiger partial charge in [-0.2, -0.15) is 4.73 Å². The van der Waals surface area contributed by atoms with Crippen molar-refractivity contribution in [3.8, 4) is 0 Å². The lowest BCUT2D eigenvalue weighted by Gasteiger charge is -2.18. The molecule has 0 fully saturated rings. The number of hydrogen-bond acceptors (Lipinski definition) is 4. The van der Waals surface area contributed by atoms with Crippen LogP contribution in [0.2, 0.25) is 0 Å². The zero-order valence-corrected chi connectivity index (χ0v) is 14.0. The number of nitrogens with zero attached hydrogens (tertiary/aromatic N) is 1. The third kappa shape index (κ3) is 4.66. The molecule has 3 rings (SSSR count). The van der Waals surface area contributed by atoms with Gasteiger partial charge in [0.15, 0.2) is 12.4 Å². The smallest absolute Gasteiger partial charge is 0.339 e. The first-order chi connectivity index (χ1) is 13.0. The highest BCUT2D eigenvalue weighted by molar-refractivity contribution is 5.98. The van der Waals surface area contributed by atoms with Gasteiger partial charge in [-0.1, -0.05) is 30.3 Å². The monoisotopic (exact) mass is 366 g/mol. The molecule has 1 amide bonds. The molecule has 1 aromatic heterocycles. The fourth-order valence-corrected chi connectivity index (χ4v) is 2.37. The number of ether oxygens (including phenoxy) is 1. The number of carbonyl (C=O) groups excluding carboxylic acids is 2. The molecule has 0 bridgehead atoms. The van der Waals surface area contributed by atoms with Crippen molar-refractivity contribution in [2.75, 3.05) is 5.32 Å². The molecule has 0 saturated heterocycles. The Balaban J connectivity index is 1.82. The SMILES string of the molecule is O=C(O[C@@H](C(=O)Nc1ccc(F)cc1)c1ccccc1)c1cc[n+]([O-])cc1. The molecule has 0 aliphatic rings. The first-order valence-electron chi connectivity index (χ1n) is 8.04. The van der Waals surface area contributed by atoms with Crippen LogP contribution >= 0.6 is 0 Å². The molecule has 0 aliphatic heterocycles. The zero-order chi connectivity index (χ0) is 19.2. The average Bonchev–Trinajstić information content (AvgIpc) is 2.69. The summed E-state index contributed by atoms with van der Waals surface area (Å²) in [6, 6.07) is 16.3. The third-order valence-corrected chi connectivity index (χ3v) is 3.71. The van der Waals surface area contributed by atoms with Crippen LogP contribution in [0, 0.1) is 11.0 Å². The predicted octanol–water partition coefficient (Wildman–Crippen LogP) is 3.00. The molecule has 27 heavy (non-hydrogen) atoms. The van der Waals surface area contributed by atoms with Gasteiger partial charge in [0.2, 0.25) is 6.10 Å². The Labute approximate surface area is 154 Å². The number of anilines is 1. The summed E-state index contributed by atoms with van der Waals surface area (Å²) in [5.74, 6) is -1.77. The summed E-state index contributed by atoms with van der Waals surface area (Å²) in [6.07, 6.45) is 1.10. The second-order valence-electron chi connectivity index (χ2n) is 5.64. The number of hydrogen-bond donors (Lipinski definition) is 1. The van der Waals surface area contributed by atoms with Gasteiger partial charge in [0.05, 0.1) is 5.56 Å². The van der Waals surface area contributed by atoms with E-state index in [1.807, 2.05) is 0 Å². The quantitative estimate of drug-likeness (QED) is 0.428. The number of esters is 1. The van der Waals surface area contributed by atoms with E-state index in [1.165, 1.54) is 36.4 Å². The molecule has 2 aromatic carbocycles. The van der Waals surface area contributed by atoms with E-state index < -0.39 is 23.8 Å². The molecule has 0 saturated carbocycles. The average molecular weight is 366 g/mol. The van der Waals surface area contributed by atoms with E-state index in [1.54, 1.807) is 30.3 Å². The van der Waals surface area contributed by atoms with Crippen molar-refractivity contribution in [1.82, 2.24) is 0 Å². The molecular formula is C20H15FN2O4.